The SMILES string of the molecule is CC(NCc1ccsc1)C(=O)N(C)C. The molecule has 1 amide bonds. The Kier molecular flexibility index (Phi) is 4.10. The monoisotopic (exact) mass is 212 g/mol. The van der Waals surface area contributed by atoms with Gasteiger partial charge in [-0.1, -0.05) is 0 Å². The maximum absolute atomic E-state index is 11.5. The largest absolute Gasteiger partial charge is 0.347 e. The normalized spacial score (nSPS) is 12.5. The van der Waals surface area contributed by atoms with Crippen LogP contribution in [0, 0.1) is 0 Å². The van der Waals surface area contributed by atoms with Crippen molar-refractivity contribution in [2.24, 2.45) is 0 Å². The predicted octanol–water partition coefficient (Wildman–Crippen LogP) is 1.31. The molecule has 1 N–H and O–H groups in total. The Morgan fingerprint density at radius 1 is 1.64 bits per heavy atom. The first-order valence-corrected chi connectivity index (χ1v) is 5.51. The van der Waals surface area contributed by atoms with Gasteiger partial charge in [-0.05, 0) is 29.3 Å². The van der Waals surface area contributed by atoms with Crippen molar-refractivity contribution in [3.8, 4) is 0 Å². The van der Waals surface area contributed by atoms with Crippen LogP contribution in [0.2, 0.25) is 0 Å². The summed E-state index contributed by atoms with van der Waals surface area (Å²) in [5.74, 6) is 0.111. The number of amides is 1. The van der Waals surface area contributed by atoms with Crippen molar-refractivity contribution in [3.63, 3.8) is 0 Å². The molecule has 0 aliphatic rings. The van der Waals surface area contributed by atoms with Gasteiger partial charge in [0.15, 0.2) is 0 Å². The average Bonchev–Trinajstić information content (AvgIpc) is 2.65. The zero-order valence-corrected chi connectivity index (χ0v) is 9.60. The van der Waals surface area contributed by atoms with E-state index < -0.39 is 0 Å². The lowest BCUT2D eigenvalue weighted by atomic mass is 10.2. The average molecular weight is 212 g/mol. The molecule has 1 heterocycles. The number of likely N-dealkylation sites (N-methyl/N-ethyl adjacent to an activating group) is 1. The van der Waals surface area contributed by atoms with Crippen molar-refractivity contribution in [2.45, 2.75) is 19.5 Å². The van der Waals surface area contributed by atoms with Gasteiger partial charge in [-0.3, -0.25) is 4.79 Å². The first-order chi connectivity index (χ1) is 6.61. The van der Waals surface area contributed by atoms with Crippen LogP contribution in [0.25, 0.3) is 0 Å². The lowest BCUT2D eigenvalue weighted by Gasteiger charge is -2.17. The third kappa shape index (κ3) is 3.12. The topological polar surface area (TPSA) is 32.3 Å². The fourth-order valence-electron chi connectivity index (χ4n) is 1.14. The minimum atomic E-state index is -0.120. The fraction of sp³-hybridized carbons (Fsp3) is 0.500. The van der Waals surface area contributed by atoms with Crippen molar-refractivity contribution in [1.29, 1.82) is 0 Å². The predicted molar refractivity (Wildman–Crippen MR) is 59.3 cm³/mol. The second-order valence-corrected chi connectivity index (χ2v) is 4.25. The summed E-state index contributed by atoms with van der Waals surface area (Å²) >= 11 is 1.67. The van der Waals surface area contributed by atoms with Gasteiger partial charge in [0, 0.05) is 20.6 Å². The Labute approximate surface area is 88.7 Å². The summed E-state index contributed by atoms with van der Waals surface area (Å²) in [6, 6.07) is 1.94. The number of thiophene rings is 1. The highest BCUT2D eigenvalue weighted by Gasteiger charge is 2.13. The third-order valence-electron chi connectivity index (χ3n) is 2.00. The van der Waals surface area contributed by atoms with Gasteiger partial charge in [0.2, 0.25) is 5.91 Å². The molecule has 78 valence electrons. The molecule has 0 aliphatic carbocycles. The molecule has 0 saturated heterocycles. The Morgan fingerprint density at radius 3 is 2.86 bits per heavy atom. The summed E-state index contributed by atoms with van der Waals surface area (Å²) in [5, 5.41) is 7.30. The summed E-state index contributed by atoms with van der Waals surface area (Å²) in [6.45, 7) is 2.64. The van der Waals surface area contributed by atoms with Crippen LogP contribution in [0.1, 0.15) is 12.5 Å². The molecule has 0 saturated carbocycles. The second-order valence-electron chi connectivity index (χ2n) is 3.47. The van der Waals surface area contributed by atoms with Crippen LogP contribution in [-0.4, -0.2) is 30.9 Å². The molecule has 1 unspecified atom stereocenters. The number of rotatable bonds is 4. The van der Waals surface area contributed by atoms with E-state index in [1.165, 1.54) is 5.56 Å². The highest BCUT2D eigenvalue weighted by molar-refractivity contribution is 7.07. The molecule has 0 spiro atoms. The number of carbonyl (C=O) groups is 1. The van der Waals surface area contributed by atoms with Gasteiger partial charge in [0.25, 0.3) is 0 Å². The highest BCUT2D eigenvalue weighted by atomic mass is 32.1. The Hall–Kier alpha value is -0.870. The Balaban J connectivity index is 2.35. The van der Waals surface area contributed by atoms with Crippen molar-refractivity contribution < 1.29 is 4.79 Å². The standard InChI is InChI=1S/C10H16N2OS/c1-8(10(13)12(2)3)11-6-9-4-5-14-7-9/h4-5,7-8,11H,6H2,1-3H3. The summed E-state index contributed by atoms with van der Waals surface area (Å²) in [5.41, 5.74) is 1.23. The number of nitrogens with zero attached hydrogens (tertiary/aromatic N) is 1. The van der Waals surface area contributed by atoms with E-state index in [0.717, 1.165) is 6.54 Å². The fourth-order valence-corrected chi connectivity index (χ4v) is 1.81. The third-order valence-corrected chi connectivity index (χ3v) is 2.74. The van der Waals surface area contributed by atoms with Gasteiger partial charge in [0.05, 0.1) is 6.04 Å². The lowest BCUT2D eigenvalue weighted by molar-refractivity contribution is -0.130. The van der Waals surface area contributed by atoms with Crippen molar-refractivity contribution >= 4 is 17.2 Å². The van der Waals surface area contributed by atoms with E-state index in [1.54, 1.807) is 30.3 Å². The number of hydrogen-bond donors (Lipinski definition) is 1. The summed E-state index contributed by atoms with van der Waals surface area (Å²) < 4.78 is 0. The molecule has 1 aromatic heterocycles. The molecule has 0 radical (unpaired) electrons. The molecule has 1 rings (SSSR count). The number of carbonyl (C=O) groups excluding carboxylic acids is 1. The first kappa shape index (κ1) is 11.2. The minimum absolute atomic E-state index is 0.111. The molecule has 0 aliphatic heterocycles. The van der Waals surface area contributed by atoms with E-state index in [2.05, 4.69) is 16.8 Å². The van der Waals surface area contributed by atoms with Gasteiger partial charge in [0.1, 0.15) is 0 Å². The van der Waals surface area contributed by atoms with Crippen molar-refractivity contribution in [2.75, 3.05) is 14.1 Å². The lowest BCUT2D eigenvalue weighted by Crippen LogP contribution is -2.41. The van der Waals surface area contributed by atoms with Gasteiger partial charge < -0.3 is 10.2 Å². The van der Waals surface area contributed by atoms with Gasteiger partial charge in [-0.25, -0.2) is 0 Å². The minimum Gasteiger partial charge on any atom is -0.347 e. The summed E-state index contributed by atoms with van der Waals surface area (Å²) in [4.78, 5) is 13.1. The van der Waals surface area contributed by atoms with Crippen LogP contribution < -0.4 is 5.32 Å². The quantitative estimate of drug-likeness (QED) is 0.816. The molecular weight excluding hydrogens is 196 g/mol. The van der Waals surface area contributed by atoms with E-state index in [1.807, 2.05) is 12.3 Å². The molecule has 0 fully saturated rings. The molecule has 1 atom stereocenters. The van der Waals surface area contributed by atoms with E-state index in [0.29, 0.717) is 0 Å². The Bertz CT molecular complexity index is 282. The second kappa shape index (κ2) is 5.12. The van der Waals surface area contributed by atoms with Crippen LogP contribution >= 0.6 is 11.3 Å². The van der Waals surface area contributed by atoms with E-state index >= 15 is 0 Å². The molecule has 14 heavy (non-hydrogen) atoms. The molecular formula is C10H16N2OS. The molecule has 4 heteroatoms. The van der Waals surface area contributed by atoms with Crippen molar-refractivity contribution in [1.82, 2.24) is 10.2 Å². The molecule has 1 aromatic rings. The zero-order chi connectivity index (χ0) is 10.6. The van der Waals surface area contributed by atoms with Gasteiger partial charge >= 0.3 is 0 Å². The van der Waals surface area contributed by atoms with Crippen LogP contribution in [0.4, 0.5) is 0 Å². The molecule has 3 nitrogen and oxygen atoms in total. The van der Waals surface area contributed by atoms with E-state index in [4.69, 9.17) is 0 Å². The summed E-state index contributed by atoms with van der Waals surface area (Å²) in [6.07, 6.45) is 0. The summed E-state index contributed by atoms with van der Waals surface area (Å²) in [7, 11) is 3.54. The number of hydrogen-bond acceptors (Lipinski definition) is 3. The number of nitrogens with one attached hydrogen (secondary N) is 1. The highest BCUT2D eigenvalue weighted by Crippen LogP contribution is 2.05. The molecule has 0 aromatic carbocycles. The zero-order valence-electron chi connectivity index (χ0n) is 8.78. The maximum Gasteiger partial charge on any atom is 0.238 e. The van der Waals surface area contributed by atoms with Crippen LogP contribution in [0.3, 0.4) is 0 Å². The smallest absolute Gasteiger partial charge is 0.238 e. The first-order valence-electron chi connectivity index (χ1n) is 4.57. The van der Waals surface area contributed by atoms with E-state index in [9.17, 15) is 4.79 Å². The van der Waals surface area contributed by atoms with Crippen LogP contribution in [-0.2, 0) is 11.3 Å². The van der Waals surface area contributed by atoms with Crippen LogP contribution in [0.5, 0.6) is 0 Å². The van der Waals surface area contributed by atoms with Crippen molar-refractivity contribution in [3.05, 3.63) is 22.4 Å². The maximum atomic E-state index is 11.5. The van der Waals surface area contributed by atoms with E-state index in [-0.39, 0.29) is 11.9 Å². The van der Waals surface area contributed by atoms with Gasteiger partial charge in [-0.15, -0.1) is 0 Å². The Morgan fingerprint density at radius 2 is 2.36 bits per heavy atom. The molecule has 0 bridgehead atoms. The van der Waals surface area contributed by atoms with Crippen LogP contribution in [0.15, 0.2) is 16.8 Å². The van der Waals surface area contributed by atoms with Gasteiger partial charge in [-0.2, -0.15) is 11.3 Å².